The molecular weight excluding hydrogens is 478 g/mol. The molecule has 12 heteroatoms. The lowest BCUT2D eigenvalue weighted by atomic mass is 10.0. The molecule has 8 nitrogen and oxygen atoms in total. The van der Waals surface area contributed by atoms with E-state index in [9.17, 15) is 17.6 Å². The Morgan fingerprint density at radius 1 is 1.11 bits per heavy atom. The minimum Gasteiger partial charge on any atom is -0.490 e. The minimum atomic E-state index is -4.94. The SMILES string of the molecule is Cc1c(N2CCc3ncc(N4CCOc5ccc(F)cc54)cc3C2)nn(C(=N)C(F)(F)F)c(=N)c1C. The predicted molar refractivity (Wildman–Crippen MR) is 125 cm³/mol. The average Bonchev–Trinajstić information content (AvgIpc) is 2.85. The number of hydrogen-bond donors (Lipinski definition) is 2. The van der Waals surface area contributed by atoms with Gasteiger partial charge in [-0.1, -0.05) is 0 Å². The average molecular weight is 501 g/mol. The van der Waals surface area contributed by atoms with Crippen LogP contribution in [0.4, 0.5) is 34.8 Å². The third-order valence-electron chi connectivity index (χ3n) is 6.56. The molecule has 2 aliphatic rings. The van der Waals surface area contributed by atoms with Crippen LogP contribution in [0, 0.1) is 30.5 Å². The zero-order valence-corrected chi connectivity index (χ0v) is 19.6. The van der Waals surface area contributed by atoms with Crippen LogP contribution < -0.4 is 20.0 Å². The van der Waals surface area contributed by atoms with Crippen molar-refractivity contribution in [1.29, 1.82) is 10.8 Å². The van der Waals surface area contributed by atoms with Crippen LogP contribution >= 0.6 is 0 Å². The van der Waals surface area contributed by atoms with Crippen LogP contribution in [0.25, 0.3) is 0 Å². The molecule has 2 aromatic heterocycles. The Morgan fingerprint density at radius 3 is 2.64 bits per heavy atom. The van der Waals surface area contributed by atoms with Crippen LogP contribution in [0.1, 0.15) is 22.4 Å². The molecule has 188 valence electrons. The van der Waals surface area contributed by atoms with Crippen molar-refractivity contribution in [2.24, 2.45) is 0 Å². The fourth-order valence-corrected chi connectivity index (χ4v) is 4.51. The zero-order valence-electron chi connectivity index (χ0n) is 19.6. The Morgan fingerprint density at radius 2 is 1.89 bits per heavy atom. The van der Waals surface area contributed by atoms with E-state index in [1.807, 2.05) is 15.9 Å². The minimum absolute atomic E-state index is 0.285. The number of nitrogens with one attached hydrogen (secondary N) is 2. The monoisotopic (exact) mass is 501 g/mol. The fourth-order valence-electron chi connectivity index (χ4n) is 4.51. The molecule has 0 fully saturated rings. The summed E-state index contributed by atoms with van der Waals surface area (Å²) in [6.07, 6.45) is -2.66. The van der Waals surface area contributed by atoms with Crippen molar-refractivity contribution >= 4 is 23.0 Å². The van der Waals surface area contributed by atoms with Crippen molar-refractivity contribution in [3.05, 3.63) is 64.2 Å². The summed E-state index contributed by atoms with van der Waals surface area (Å²) in [5, 5.41) is 19.7. The molecule has 2 aliphatic heterocycles. The van der Waals surface area contributed by atoms with E-state index >= 15 is 0 Å². The van der Waals surface area contributed by atoms with Gasteiger partial charge in [0.25, 0.3) is 0 Å². The number of halogens is 4. The smallest absolute Gasteiger partial charge is 0.451 e. The lowest BCUT2D eigenvalue weighted by Crippen LogP contribution is -2.42. The normalized spacial score (nSPS) is 15.3. The van der Waals surface area contributed by atoms with E-state index in [0.29, 0.717) is 59.9 Å². The lowest BCUT2D eigenvalue weighted by molar-refractivity contribution is -0.0632. The van der Waals surface area contributed by atoms with Crippen molar-refractivity contribution in [2.45, 2.75) is 33.0 Å². The van der Waals surface area contributed by atoms with Crippen LogP contribution in [0.2, 0.25) is 0 Å². The fraction of sp³-hybridized carbons (Fsp3) is 0.333. The molecule has 0 unspecified atom stereocenters. The molecule has 5 rings (SSSR count). The maximum absolute atomic E-state index is 13.9. The van der Waals surface area contributed by atoms with Gasteiger partial charge in [-0.2, -0.15) is 17.9 Å². The van der Waals surface area contributed by atoms with Gasteiger partial charge < -0.3 is 14.5 Å². The first-order valence-corrected chi connectivity index (χ1v) is 11.3. The van der Waals surface area contributed by atoms with Crippen LogP contribution in [0.3, 0.4) is 0 Å². The van der Waals surface area contributed by atoms with Crippen LogP contribution in [-0.4, -0.2) is 46.5 Å². The van der Waals surface area contributed by atoms with Gasteiger partial charge in [0.05, 0.1) is 24.1 Å². The second-order valence-electron chi connectivity index (χ2n) is 8.76. The Balaban J connectivity index is 1.51. The quantitative estimate of drug-likeness (QED) is 0.315. The van der Waals surface area contributed by atoms with Crippen molar-refractivity contribution in [2.75, 3.05) is 29.5 Å². The van der Waals surface area contributed by atoms with E-state index in [-0.39, 0.29) is 11.6 Å². The van der Waals surface area contributed by atoms with Gasteiger partial charge in [0.1, 0.15) is 18.2 Å². The molecule has 36 heavy (non-hydrogen) atoms. The Hall–Kier alpha value is -3.96. The molecule has 0 atom stereocenters. The first kappa shape index (κ1) is 23.8. The predicted octanol–water partition coefficient (Wildman–Crippen LogP) is 3.99. The van der Waals surface area contributed by atoms with E-state index in [1.54, 1.807) is 26.1 Å². The number of hydrogen-bond acceptors (Lipinski definition) is 7. The first-order chi connectivity index (χ1) is 17.0. The Bertz CT molecular complexity index is 1430. The lowest BCUT2D eigenvalue weighted by Gasteiger charge is -2.34. The summed E-state index contributed by atoms with van der Waals surface area (Å²) in [6, 6.07) is 6.29. The van der Waals surface area contributed by atoms with Gasteiger partial charge in [-0.25, -0.2) is 4.39 Å². The van der Waals surface area contributed by atoms with Gasteiger partial charge in [-0.05, 0) is 43.2 Å². The number of aromatic nitrogens is 3. The molecule has 0 saturated heterocycles. The van der Waals surface area contributed by atoms with Gasteiger partial charge in [0.15, 0.2) is 11.3 Å². The van der Waals surface area contributed by atoms with Gasteiger partial charge in [-0.3, -0.25) is 15.8 Å². The highest BCUT2D eigenvalue weighted by molar-refractivity contribution is 5.86. The highest BCUT2D eigenvalue weighted by Gasteiger charge is 2.38. The third-order valence-corrected chi connectivity index (χ3v) is 6.56. The van der Waals surface area contributed by atoms with Gasteiger partial charge in [0, 0.05) is 36.8 Å². The number of benzene rings is 1. The standard InChI is InChI=1S/C24H23F4N7O/c1-13-14(2)22(32-35(21(13)29)23(30)24(26,27)28)33-6-5-18-15(12-33)9-17(11-31-18)34-7-8-36-20-4-3-16(25)10-19(20)34/h3-4,9-11,29-30H,5-8,12H2,1-2H3. The van der Waals surface area contributed by atoms with E-state index in [4.69, 9.17) is 15.6 Å². The summed E-state index contributed by atoms with van der Waals surface area (Å²) in [7, 11) is 0. The molecule has 0 spiro atoms. The van der Waals surface area contributed by atoms with Crippen LogP contribution in [0.15, 0.2) is 30.5 Å². The molecule has 1 aromatic carbocycles. The maximum atomic E-state index is 13.9. The third kappa shape index (κ3) is 4.06. The summed E-state index contributed by atoms with van der Waals surface area (Å²) < 4.78 is 59.7. The van der Waals surface area contributed by atoms with Crippen LogP contribution in [-0.2, 0) is 13.0 Å². The highest BCUT2D eigenvalue weighted by Crippen LogP contribution is 2.38. The molecule has 0 saturated carbocycles. The topological polar surface area (TPSA) is 94.1 Å². The Kier molecular flexibility index (Phi) is 5.68. The molecule has 3 aromatic rings. The van der Waals surface area contributed by atoms with Crippen LogP contribution in [0.5, 0.6) is 5.75 Å². The van der Waals surface area contributed by atoms with E-state index in [1.165, 1.54) is 12.1 Å². The van der Waals surface area contributed by atoms with Gasteiger partial charge >= 0.3 is 6.18 Å². The molecule has 0 radical (unpaired) electrons. The van der Waals surface area contributed by atoms with E-state index < -0.39 is 17.5 Å². The molecule has 0 aliphatic carbocycles. The summed E-state index contributed by atoms with van der Waals surface area (Å²) in [5.41, 5.74) is 3.51. The van der Waals surface area contributed by atoms with Gasteiger partial charge in [-0.15, -0.1) is 5.10 Å². The maximum Gasteiger partial charge on any atom is 0.451 e. The summed E-state index contributed by atoms with van der Waals surface area (Å²) >= 11 is 0. The second-order valence-corrected chi connectivity index (χ2v) is 8.76. The number of alkyl halides is 3. The second kappa shape index (κ2) is 8.61. The number of ether oxygens (including phenoxy) is 1. The number of pyridine rings is 1. The van der Waals surface area contributed by atoms with Crippen molar-refractivity contribution in [3.8, 4) is 5.75 Å². The van der Waals surface area contributed by atoms with Crippen molar-refractivity contribution < 1.29 is 22.3 Å². The number of rotatable bonds is 2. The van der Waals surface area contributed by atoms with Crippen molar-refractivity contribution in [3.63, 3.8) is 0 Å². The first-order valence-electron chi connectivity index (χ1n) is 11.3. The molecule has 0 bridgehead atoms. The molecule has 2 N–H and O–H groups in total. The summed E-state index contributed by atoms with van der Waals surface area (Å²) in [6.45, 7) is 4.99. The van der Waals surface area contributed by atoms with E-state index in [2.05, 4.69) is 10.1 Å². The number of fused-ring (bicyclic) bond motifs is 2. The molecule has 4 heterocycles. The summed E-state index contributed by atoms with van der Waals surface area (Å²) in [5.74, 6) is -1.23. The summed E-state index contributed by atoms with van der Waals surface area (Å²) in [4.78, 5) is 8.37. The number of anilines is 3. The largest absolute Gasteiger partial charge is 0.490 e. The highest BCUT2D eigenvalue weighted by atomic mass is 19.4. The molecule has 0 amide bonds. The van der Waals surface area contributed by atoms with Gasteiger partial charge in [0.2, 0.25) is 5.84 Å². The van der Waals surface area contributed by atoms with E-state index in [0.717, 1.165) is 16.9 Å². The Labute approximate surface area is 203 Å². The van der Waals surface area contributed by atoms with Crippen molar-refractivity contribution in [1.82, 2.24) is 14.8 Å². The zero-order chi connectivity index (χ0) is 25.8. The molecular formula is C24H23F4N7O. The number of nitrogens with zero attached hydrogens (tertiary/aromatic N) is 5.